The lowest BCUT2D eigenvalue weighted by Gasteiger charge is -2.41. The van der Waals surface area contributed by atoms with Crippen molar-refractivity contribution in [2.75, 3.05) is 62.2 Å². The second-order valence-corrected chi connectivity index (χ2v) is 15.1. The molecule has 0 N–H and O–H groups in total. The molecule has 2 atom stereocenters. The summed E-state index contributed by atoms with van der Waals surface area (Å²) in [7, 11) is 1.64. The van der Waals surface area contributed by atoms with Crippen LogP contribution in [0.15, 0.2) is 66.7 Å². The van der Waals surface area contributed by atoms with E-state index in [2.05, 4.69) is 24.3 Å². The number of carbonyl (C=O) groups excluding carboxylic acids is 3. The van der Waals surface area contributed by atoms with Crippen LogP contribution >= 0.6 is 11.6 Å². The van der Waals surface area contributed by atoms with E-state index in [1.54, 1.807) is 16.9 Å². The van der Waals surface area contributed by atoms with Gasteiger partial charge in [-0.1, -0.05) is 36.4 Å². The predicted molar refractivity (Wildman–Crippen MR) is 203 cm³/mol. The molecule has 11 heteroatoms. The number of hydrogen-bond donors (Lipinski definition) is 0. The van der Waals surface area contributed by atoms with Crippen molar-refractivity contribution < 1.29 is 33.3 Å². The van der Waals surface area contributed by atoms with Gasteiger partial charge in [-0.3, -0.25) is 9.59 Å². The van der Waals surface area contributed by atoms with Gasteiger partial charge in [0.1, 0.15) is 17.1 Å². The van der Waals surface area contributed by atoms with Gasteiger partial charge in [-0.2, -0.15) is 0 Å². The molecule has 0 radical (unpaired) electrons. The van der Waals surface area contributed by atoms with Gasteiger partial charge >= 0.3 is 6.09 Å². The van der Waals surface area contributed by atoms with Crippen LogP contribution in [0, 0.1) is 5.92 Å². The molecule has 278 valence electrons. The fourth-order valence-electron chi connectivity index (χ4n) is 7.03. The van der Waals surface area contributed by atoms with Gasteiger partial charge in [0.2, 0.25) is 5.91 Å². The highest BCUT2D eigenvalue weighted by atomic mass is 35.5. The van der Waals surface area contributed by atoms with Crippen molar-refractivity contribution >= 4 is 40.9 Å². The first-order valence-electron chi connectivity index (χ1n) is 18.3. The summed E-state index contributed by atoms with van der Waals surface area (Å²) < 4.78 is 22.7. The summed E-state index contributed by atoms with van der Waals surface area (Å²) in [6, 6.07) is 22.0. The van der Waals surface area contributed by atoms with Gasteiger partial charge < -0.3 is 33.6 Å². The molecule has 3 aromatic carbocycles. The molecule has 0 aromatic heterocycles. The summed E-state index contributed by atoms with van der Waals surface area (Å²) in [4.78, 5) is 46.8. The standard InChI is InChI=1S/C41H50ClN3O7/c1-41(2,3)52-40(48)43-20-17-34(30-11-5-9-28(23-30)29-10-6-12-33(24-29)50-22-7-18-42)35(26-43)39(47)45(31-13-14-31)32-15-16-37-36(25-32)44(19-8-21-49-4)38(46)27-51-37/h5-6,9-12,15-16,23-25,31,34-35H,7-8,13-14,17-22,26-27H2,1-4H3/t34-,35+/m1/s1. The van der Waals surface area contributed by atoms with E-state index >= 15 is 4.79 Å². The van der Waals surface area contributed by atoms with Crippen molar-refractivity contribution in [3.8, 4) is 22.6 Å². The lowest BCUT2D eigenvalue weighted by Crippen LogP contribution is -2.51. The summed E-state index contributed by atoms with van der Waals surface area (Å²) in [5.74, 6) is 1.08. The summed E-state index contributed by atoms with van der Waals surface area (Å²) in [6.45, 7) is 7.77. The van der Waals surface area contributed by atoms with Crippen LogP contribution in [0.4, 0.5) is 16.2 Å². The van der Waals surface area contributed by atoms with Crippen molar-refractivity contribution in [2.45, 2.75) is 70.4 Å². The SMILES string of the molecule is COCCCN1C(=O)COc2ccc(N(C(=O)[C@H]3CN(C(=O)OC(C)(C)C)CC[C@@H]3c3cccc(-c4cccc(OCCCCl)c4)c3)C3CC3)cc21. The fraction of sp³-hybridized carbons (Fsp3) is 0.488. The van der Waals surface area contributed by atoms with Gasteiger partial charge in [-0.05, 0) is 106 Å². The Kier molecular flexibility index (Phi) is 12.0. The van der Waals surface area contributed by atoms with E-state index in [0.717, 1.165) is 41.7 Å². The average Bonchev–Trinajstić information content (AvgIpc) is 3.97. The predicted octanol–water partition coefficient (Wildman–Crippen LogP) is 7.66. The number of rotatable bonds is 13. The molecule has 10 nitrogen and oxygen atoms in total. The first-order valence-corrected chi connectivity index (χ1v) is 18.9. The minimum atomic E-state index is -0.665. The van der Waals surface area contributed by atoms with Crippen molar-refractivity contribution in [3.05, 3.63) is 72.3 Å². The first-order chi connectivity index (χ1) is 25.1. The third-order valence-electron chi connectivity index (χ3n) is 9.65. The van der Waals surface area contributed by atoms with Crippen molar-refractivity contribution in [2.24, 2.45) is 5.92 Å². The molecule has 2 aliphatic heterocycles. The van der Waals surface area contributed by atoms with Crippen LogP contribution in [-0.4, -0.2) is 86.9 Å². The van der Waals surface area contributed by atoms with Gasteiger partial charge in [-0.15, -0.1) is 11.6 Å². The number of likely N-dealkylation sites (tertiary alicyclic amines) is 1. The number of piperidine rings is 1. The van der Waals surface area contributed by atoms with Crippen molar-refractivity contribution in [1.29, 1.82) is 0 Å². The quantitative estimate of drug-likeness (QED) is 0.132. The number of hydrogen-bond acceptors (Lipinski definition) is 7. The van der Waals surface area contributed by atoms with Crippen LogP contribution in [0.1, 0.15) is 64.4 Å². The third kappa shape index (κ3) is 9.01. The van der Waals surface area contributed by atoms with Gasteiger partial charge in [-0.25, -0.2) is 4.79 Å². The lowest BCUT2D eigenvalue weighted by atomic mass is 9.78. The number of ether oxygens (including phenoxy) is 4. The number of methoxy groups -OCH3 is 1. The molecule has 1 saturated carbocycles. The molecule has 3 amide bonds. The van der Waals surface area contributed by atoms with E-state index in [1.165, 1.54) is 0 Å². The monoisotopic (exact) mass is 731 g/mol. The molecule has 0 bridgehead atoms. The zero-order valence-electron chi connectivity index (χ0n) is 30.6. The van der Waals surface area contributed by atoms with Gasteiger partial charge in [0.05, 0.1) is 18.2 Å². The Morgan fingerprint density at radius 2 is 1.73 bits per heavy atom. The molecule has 2 fully saturated rings. The number of amides is 3. The number of benzene rings is 3. The second kappa shape index (κ2) is 16.6. The Balaban J connectivity index is 1.33. The topological polar surface area (TPSA) is 97.9 Å². The molecule has 52 heavy (non-hydrogen) atoms. The van der Waals surface area contributed by atoms with Crippen LogP contribution in [0.2, 0.25) is 0 Å². The van der Waals surface area contributed by atoms with Gasteiger partial charge in [0.25, 0.3) is 5.91 Å². The van der Waals surface area contributed by atoms with Crippen molar-refractivity contribution in [3.63, 3.8) is 0 Å². The Labute approximate surface area is 311 Å². The Morgan fingerprint density at radius 3 is 2.46 bits per heavy atom. The Morgan fingerprint density at radius 1 is 0.962 bits per heavy atom. The summed E-state index contributed by atoms with van der Waals surface area (Å²) in [5.41, 5.74) is 3.78. The molecule has 1 saturated heterocycles. The highest BCUT2D eigenvalue weighted by Crippen LogP contribution is 2.43. The summed E-state index contributed by atoms with van der Waals surface area (Å²) >= 11 is 5.85. The minimum absolute atomic E-state index is 0.0260. The largest absolute Gasteiger partial charge is 0.494 e. The number of halogens is 1. The maximum Gasteiger partial charge on any atom is 0.410 e. The van der Waals surface area contributed by atoms with Gasteiger partial charge in [0, 0.05) is 51.0 Å². The third-order valence-corrected chi connectivity index (χ3v) is 9.92. The zero-order chi connectivity index (χ0) is 36.8. The molecule has 6 rings (SSSR count). The molecule has 1 aliphatic carbocycles. The molecule has 3 aliphatic rings. The Hall–Kier alpha value is -4.28. The average molecular weight is 732 g/mol. The van der Waals surface area contributed by atoms with Crippen LogP contribution in [0.5, 0.6) is 11.5 Å². The molecule has 0 spiro atoms. The first kappa shape index (κ1) is 37.5. The van der Waals surface area contributed by atoms with Crippen LogP contribution in [-0.2, 0) is 19.1 Å². The van der Waals surface area contributed by atoms with Crippen LogP contribution in [0.25, 0.3) is 11.1 Å². The lowest BCUT2D eigenvalue weighted by molar-refractivity contribution is -0.124. The zero-order valence-corrected chi connectivity index (χ0v) is 31.4. The highest BCUT2D eigenvalue weighted by molar-refractivity contribution is 6.17. The molecule has 2 heterocycles. The van der Waals surface area contributed by atoms with E-state index in [1.807, 2.05) is 68.1 Å². The van der Waals surface area contributed by atoms with Crippen molar-refractivity contribution in [1.82, 2.24) is 4.90 Å². The Bertz CT molecular complexity index is 1740. The maximum absolute atomic E-state index is 15.1. The number of fused-ring (bicyclic) bond motifs is 1. The number of alkyl halides is 1. The van der Waals surface area contributed by atoms with Crippen LogP contribution < -0.4 is 19.3 Å². The normalized spacial score (nSPS) is 18.8. The maximum atomic E-state index is 15.1. The molecule has 0 unspecified atom stereocenters. The minimum Gasteiger partial charge on any atom is -0.494 e. The molecular weight excluding hydrogens is 682 g/mol. The molecule has 3 aromatic rings. The highest BCUT2D eigenvalue weighted by Gasteiger charge is 2.44. The van der Waals surface area contributed by atoms with E-state index in [9.17, 15) is 9.59 Å². The van der Waals surface area contributed by atoms with E-state index < -0.39 is 17.6 Å². The van der Waals surface area contributed by atoms with Gasteiger partial charge in [0.15, 0.2) is 6.61 Å². The van der Waals surface area contributed by atoms with E-state index in [0.29, 0.717) is 62.1 Å². The van der Waals surface area contributed by atoms with E-state index in [4.69, 9.17) is 30.5 Å². The van der Waals surface area contributed by atoms with Crippen LogP contribution in [0.3, 0.4) is 0 Å². The summed E-state index contributed by atoms with van der Waals surface area (Å²) in [6.07, 6.45) is 3.37. The second-order valence-electron chi connectivity index (χ2n) is 14.7. The number of anilines is 2. The fourth-order valence-corrected chi connectivity index (χ4v) is 7.14. The molecular formula is C41H50ClN3O7. The smallest absolute Gasteiger partial charge is 0.410 e. The van der Waals surface area contributed by atoms with E-state index in [-0.39, 0.29) is 36.9 Å². The summed E-state index contributed by atoms with van der Waals surface area (Å²) in [5, 5.41) is 0. The number of nitrogens with zero attached hydrogens (tertiary/aromatic N) is 3. The number of carbonyl (C=O) groups is 3.